The Balaban J connectivity index is 1.87. The highest BCUT2D eigenvalue weighted by Crippen LogP contribution is 2.34. The van der Waals surface area contributed by atoms with Crippen LogP contribution < -0.4 is 10.6 Å². The van der Waals surface area contributed by atoms with Crippen molar-refractivity contribution in [3.05, 3.63) is 70.9 Å². The average molecular weight is 350 g/mol. The van der Waals surface area contributed by atoms with Crippen LogP contribution >= 0.6 is 0 Å². The molecule has 1 aliphatic rings. The second-order valence-corrected chi connectivity index (χ2v) is 7.60. The summed E-state index contributed by atoms with van der Waals surface area (Å²) >= 11 is 0. The monoisotopic (exact) mass is 350 g/mol. The molecule has 1 unspecified atom stereocenters. The lowest BCUT2D eigenvalue weighted by atomic mass is 9.86. The van der Waals surface area contributed by atoms with Gasteiger partial charge in [0.2, 0.25) is 0 Å². The normalized spacial score (nSPS) is 16.9. The van der Waals surface area contributed by atoms with Crippen molar-refractivity contribution in [3.63, 3.8) is 0 Å². The highest BCUT2D eigenvalue weighted by Gasteiger charge is 2.29. The van der Waals surface area contributed by atoms with Gasteiger partial charge in [-0.05, 0) is 35.2 Å². The van der Waals surface area contributed by atoms with E-state index in [1.54, 1.807) is 6.92 Å². The minimum atomic E-state index is -0.359. The zero-order valence-corrected chi connectivity index (χ0v) is 16.0. The number of allylic oxidation sites excluding steroid dienone is 1. The average Bonchev–Trinajstić information content (AvgIpc) is 3.07. The topological polar surface area (TPSA) is 50.4 Å². The first-order valence-corrected chi connectivity index (χ1v) is 8.86. The summed E-state index contributed by atoms with van der Waals surface area (Å²) in [7, 11) is 1.88. The molecule has 1 atom stereocenters. The fraction of sp³-hybridized carbons (Fsp3) is 0.318. The van der Waals surface area contributed by atoms with Crippen LogP contribution in [0.4, 0.5) is 5.69 Å². The maximum Gasteiger partial charge on any atom is 0.196 e. The second kappa shape index (κ2) is 6.87. The van der Waals surface area contributed by atoms with Crippen molar-refractivity contribution in [2.75, 3.05) is 12.4 Å². The molecule has 2 aromatic rings. The van der Waals surface area contributed by atoms with E-state index in [2.05, 4.69) is 55.7 Å². The first kappa shape index (κ1) is 18.1. The first-order valence-electron chi connectivity index (χ1n) is 8.86. The number of carbonyl (C=O) groups is 1. The van der Waals surface area contributed by atoms with E-state index < -0.39 is 0 Å². The Morgan fingerprint density at radius 1 is 1.04 bits per heavy atom. The highest BCUT2D eigenvalue weighted by molar-refractivity contribution is 6.00. The van der Waals surface area contributed by atoms with Gasteiger partial charge in [0.15, 0.2) is 17.8 Å². The molecule has 1 heterocycles. The maximum atomic E-state index is 12.1. The third-order valence-corrected chi connectivity index (χ3v) is 4.61. The summed E-state index contributed by atoms with van der Waals surface area (Å²) in [4.78, 5) is 12.1. The van der Waals surface area contributed by atoms with Crippen LogP contribution in [0.1, 0.15) is 50.6 Å². The second-order valence-electron chi connectivity index (χ2n) is 7.60. The Morgan fingerprint density at radius 2 is 1.65 bits per heavy atom. The third-order valence-electron chi connectivity index (χ3n) is 4.61. The number of hydrogen-bond donors (Lipinski definition) is 2. The summed E-state index contributed by atoms with van der Waals surface area (Å²) in [6.07, 6.45) is -0.359. The molecule has 1 aliphatic heterocycles. The van der Waals surface area contributed by atoms with E-state index in [-0.39, 0.29) is 17.4 Å². The lowest BCUT2D eigenvalue weighted by Gasteiger charge is -2.20. The van der Waals surface area contributed by atoms with Gasteiger partial charge in [0.05, 0.1) is 0 Å². The number of Topliss-reactive ketones (excluding diaryl/α,β-unsaturated/α-hetero) is 1. The molecule has 0 aromatic heterocycles. The van der Waals surface area contributed by atoms with E-state index in [1.807, 2.05) is 31.3 Å². The van der Waals surface area contributed by atoms with E-state index in [0.29, 0.717) is 11.5 Å². The van der Waals surface area contributed by atoms with E-state index >= 15 is 0 Å². The summed E-state index contributed by atoms with van der Waals surface area (Å²) < 4.78 is 6.13. The van der Waals surface area contributed by atoms with Gasteiger partial charge in [-0.1, -0.05) is 45.0 Å². The molecule has 26 heavy (non-hydrogen) atoms. The lowest BCUT2D eigenvalue weighted by molar-refractivity contribution is -0.113. The molecule has 0 bridgehead atoms. The highest BCUT2D eigenvalue weighted by atomic mass is 16.5. The van der Waals surface area contributed by atoms with Gasteiger partial charge >= 0.3 is 0 Å². The lowest BCUT2D eigenvalue weighted by Crippen LogP contribution is -2.19. The molecule has 136 valence electrons. The fourth-order valence-electron chi connectivity index (χ4n) is 2.97. The minimum absolute atomic E-state index is 0.0356. The van der Waals surface area contributed by atoms with Crippen molar-refractivity contribution in [2.45, 2.75) is 39.3 Å². The van der Waals surface area contributed by atoms with Crippen molar-refractivity contribution >= 4 is 17.2 Å². The molecule has 0 radical (unpaired) electrons. The van der Waals surface area contributed by atoms with E-state index in [1.165, 1.54) is 5.56 Å². The Bertz CT molecular complexity index is 828. The molecular weight excluding hydrogens is 324 g/mol. The summed E-state index contributed by atoms with van der Waals surface area (Å²) in [6, 6.07) is 16.2. The molecule has 0 fully saturated rings. The SMILES string of the molecule is CNc1ccc(C2=C(C(C)=O)NC(c3ccc(C(C)(C)C)cc3)O2)cc1. The smallest absolute Gasteiger partial charge is 0.196 e. The van der Waals surface area contributed by atoms with Crippen LogP contribution in [-0.2, 0) is 14.9 Å². The molecule has 0 saturated heterocycles. The van der Waals surface area contributed by atoms with Gasteiger partial charge in [0.1, 0.15) is 5.70 Å². The van der Waals surface area contributed by atoms with Crippen LogP contribution in [0.15, 0.2) is 54.2 Å². The first-order chi connectivity index (χ1) is 12.3. The van der Waals surface area contributed by atoms with Gasteiger partial charge in [0.25, 0.3) is 0 Å². The van der Waals surface area contributed by atoms with Gasteiger partial charge < -0.3 is 15.4 Å². The van der Waals surface area contributed by atoms with Gasteiger partial charge in [-0.2, -0.15) is 0 Å². The zero-order valence-electron chi connectivity index (χ0n) is 16.0. The Hall–Kier alpha value is -2.75. The number of anilines is 1. The standard InChI is InChI=1S/C22H26N2O2/c1-14(25)19-20(15-8-12-18(23-5)13-9-15)26-21(24-19)16-6-10-17(11-7-16)22(2,3)4/h6-13,21,23-24H,1-5H3. The molecule has 0 saturated carbocycles. The van der Waals surface area contributed by atoms with Crippen molar-refractivity contribution < 1.29 is 9.53 Å². The number of hydrogen-bond acceptors (Lipinski definition) is 4. The van der Waals surface area contributed by atoms with Crippen LogP contribution in [0, 0.1) is 0 Å². The quantitative estimate of drug-likeness (QED) is 0.846. The summed E-state index contributed by atoms with van der Waals surface area (Å²) in [5.74, 6) is 0.566. The predicted octanol–water partition coefficient (Wildman–Crippen LogP) is 4.60. The number of carbonyl (C=O) groups excluding carboxylic acids is 1. The molecular formula is C22H26N2O2. The molecule has 4 nitrogen and oxygen atoms in total. The number of benzene rings is 2. The number of nitrogens with one attached hydrogen (secondary N) is 2. The van der Waals surface area contributed by atoms with Gasteiger partial charge in [-0.3, -0.25) is 4.79 Å². The summed E-state index contributed by atoms with van der Waals surface area (Å²) in [5.41, 5.74) is 4.79. The fourth-order valence-corrected chi connectivity index (χ4v) is 2.97. The van der Waals surface area contributed by atoms with E-state index in [4.69, 9.17) is 4.74 Å². The largest absolute Gasteiger partial charge is 0.464 e. The Morgan fingerprint density at radius 3 is 2.15 bits per heavy atom. The van der Waals surface area contributed by atoms with Crippen molar-refractivity contribution in [1.29, 1.82) is 0 Å². The van der Waals surface area contributed by atoms with Gasteiger partial charge in [-0.15, -0.1) is 0 Å². The molecule has 0 aliphatic carbocycles. The van der Waals surface area contributed by atoms with Gasteiger partial charge in [-0.25, -0.2) is 0 Å². The Kier molecular flexibility index (Phi) is 4.77. The summed E-state index contributed by atoms with van der Waals surface area (Å²) in [6.45, 7) is 8.12. The molecule has 0 spiro atoms. The molecule has 0 amide bonds. The van der Waals surface area contributed by atoms with E-state index in [9.17, 15) is 4.79 Å². The van der Waals surface area contributed by atoms with Crippen molar-refractivity contribution in [1.82, 2.24) is 5.32 Å². The van der Waals surface area contributed by atoms with Crippen LogP contribution in [0.3, 0.4) is 0 Å². The number of ether oxygens (including phenoxy) is 1. The van der Waals surface area contributed by atoms with Crippen LogP contribution in [0.2, 0.25) is 0 Å². The van der Waals surface area contributed by atoms with Crippen LogP contribution in [0.5, 0.6) is 0 Å². The predicted molar refractivity (Wildman–Crippen MR) is 106 cm³/mol. The van der Waals surface area contributed by atoms with Crippen molar-refractivity contribution in [3.8, 4) is 0 Å². The zero-order chi connectivity index (χ0) is 18.9. The molecule has 2 N–H and O–H groups in total. The van der Waals surface area contributed by atoms with Crippen molar-refractivity contribution in [2.24, 2.45) is 0 Å². The molecule has 4 heteroatoms. The van der Waals surface area contributed by atoms with E-state index in [0.717, 1.165) is 16.8 Å². The maximum absolute atomic E-state index is 12.1. The number of rotatable bonds is 4. The molecule has 3 rings (SSSR count). The Labute approximate surface area is 155 Å². The molecule has 2 aromatic carbocycles. The van der Waals surface area contributed by atoms with Crippen LogP contribution in [0.25, 0.3) is 5.76 Å². The van der Waals surface area contributed by atoms with Gasteiger partial charge in [0, 0.05) is 30.8 Å². The summed E-state index contributed by atoms with van der Waals surface area (Å²) in [5, 5.41) is 6.33. The number of ketones is 1. The minimum Gasteiger partial charge on any atom is -0.464 e. The third kappa shape index (κ3) is 3.59. The van der Waals surface area contributed by atoms with Crippen LogP contribution in [-0.4, -0.2) is 12.8 Å².